The lowest BCUT2D eigenvalue weighted by atomic mass is 9.90. The third kappa shape index (κ3) is 7.08. The predicted molar refractivity (Wildman–Crippen MR) is 110 cm³/mol. The van der Waals surface area contributed by atoms with Crippen LogP contribution < -0.4 is 16.0 Å². The molecule has 2 rings (SSSR count). The normalized spacial score (nSPS) is 25.8. The molecule has 180 valence electrons. The lowest BCUT2D eigenvalue weighted by molar-refractivity contribution is -0.148. The highest BCUT2D eigenvalue weighted by Gasteiger charge is 2.40. The van der Waals surface area contributed by atoms with Crippen LogP contribution >= 0.6 is 0 Å². The molecule has 8 nitrogen and oxygen atoms in total. The maximum absolute atomic E-state index is 13.2. The van der Waals surface area contributed by atoms with Crippen LogP contribution in [-0.4, -0.2) is 66.6 Å². The Morgan fingerprint density at radius 2 is 2.00 bits per heavy atom. The van der Waals surface area contributed by atoms with Gasteiger partial charge in [0.15, 0.2) is 0 Å². The Bertz CT molecular complexity index is 737. The number of carbonyl (C=O) groups excluding carboxylic acids is 3. The average Bonchev–Trinajstić information content (AvgIpc) is 3.10. The Labute approximate surface area is 186 Å². The van der Waals surface area contributed by atoms with Gasteiger partial charge in [0, 0.05) is 19.0 Å². The van der Waals surface area contributed by atoms with Gasteiger partial charge in [0.1, 0.15) is 12.1 Å². The highest BCUT2D eigenvalue weighted by Crippen LogP contribution is 2.25. The Hall–Kier alpha value is -2.35. The quantitative estimate of drug-likeness (QED) is 0.507. The molecule has 0 aromatic rings. The molecule has 0 aromatic heterocycles. The molecule has 0 saturated carbocycles. The molecule has 3 N–H and O–H groups in total. The molecule has 32 heavy (non-hydrogen) atoms. The summed E-state index contributed by atoms with van der Waals surface area (Å²) >= 11 is 0. The summed E-state index contributed by atoms with van der Waals surface area (Å²) in [6, 6.07) is -0.863. The molecule has 3 amide bonds. The molecule has 2 saturated heterocycles. The van der Waals surface area contributed by atoms with Crippen molar-refractivity contribution in [3.8, 4) is 6.07 Å². The van der Waals surface area contributed by atoms with Gasteiger partial charge in [-0.05, 0) is 37.5 Å². The van der Waals surface area contributed by atoms with E-state index in [0.717, 1.165) is 0 Å². The Morgan fingerprint density at radius 3 is 2.53 bits per heavy atom. The van der Waals surface area contributed by atoms with E-state index >= 15 is 0 Å². The summed E-state index contributed by atoms with van der Waals surface area (Å²) in [5.74, 6) is -1.87. The van der Waals surface area contributed by atoms with E-state index in [2.05, 4.69) is 16.0 Å². The number of carbonyl (C=O) groups is 3. The molecule has 0 aromatic carbocycles. The average molecular weight is 460 g/mol. The number of hydrogen-bond donors (Lipinski definition) is 3. The number of piperidine rings is 1. The fraction of sp³-hybridized carbons (Fsp3) is 0.810. The van der Waals surface area contributed by atoms with E-state index in [1.807, 2.05) is 13.0 Å². The van der Waals surface area contributed by atoms with Gasteiger partial charge in [-0.3, -0.25) is 19.7 Å². The van der Waals surface area contributed by atoms with Crippen LogP contribution in [0.5, 0.6) is 0 Å². The van der Waals surface area contributed by atoms with Crippen LogP contribution in [-0.2, 0) is 14.4 Å². The van der Waals surface area contributed by atoms with Gasteiger partial charge in [-0.25, -0.2) is 0 Å². The number of nitriles is 1. The van der Waals surface area contributed by atoms with Crippen molar-refractivity contribution in [3.05, 3.63) is 0 Å². The minimum Gasteiger partial charge on any atom is -0.356 e. The van der Waals surface area contributed by atoms with Crippen molar-refractivity contribution in [2.75, 3.05) is 19.6 Å². The zero-order valence-corrected chi connectivity index (χ0v) is 18.7. The standard InChI is InChI=1S/C21H32F3N5O3/c1-12(2)17(27-11-21(22,23)24)20(32)29-7-5-13(3)8-16(29)19(31)28-15(10-25)9-14-4-6-26-18(14)30/h12-17,27H,4-9,11H2,1-3H3,(H,26,30)(H,28,31)/t13-,14+,15?,16+,17?/m1/s1. The van der Waals surface area contributed by atoms with Gasteiger partial charge >= 0.3 is 6.18 Å². The second-order valence-electron chi connectivity index (χ2n) is 9.10. The van der Waals surface area contributed by atoms with Gasteiger partial charge in [-0.2, -0.15) is 18.4 Å². The van der Waals surface area contributed by atoms with Crippen LogP contribution in [0.15, 0.2) is 0 Å². The molecule has 2 aliphatic heterocycles. The second-order valence-corrected chi connectivity index (χ2v) is 9.10. The van der Waals surface area contributed by atoms with E-state index in [1.165, 1.54) is 4.90 Å². The molecular weight excluding hydrogens is 427 g/mol. The van der Waals surface area contributed by atoms with E-state index < -0.39 is 48.6 Å². The maximum Gasteiger partial charge on any atom is 0.401 e. The smallest absolute Gasteiger partial charge is 0.356 e. The van der Waals surface area contributed by atoms with Gasteiger partial charge in [0.05, 0.1) is 18.7 Å². The SMILES string of the molecule is CC(C)C(NCC(F)(F)F)C(=O)N1CC[C@@H](C)C[C@H]1C(=O)NC(C#N)C[C@@H]1CCNC1=O. The van der Waals surface area contributed by atoms with E-state index in [1.54, 1.807) is 13.8 Å². The molecular formula is C21H32F3N5O3. The monoisotopic (exact) mass is 459 g/mol. The van der Waals surface area contributed by atoms with Crippen LogP contribution in [0.3, 0.4) is 0 Å². The lowest BCUT2D eigenvalue weighted by Crippen LogP contribution is -2.60. The summed E-state index contributed by atoms with van der Waals surface area (Å²) in [7, 11) is 0. The third-order valence-corrected chi connectivity index (χ3v) is 6.06. The minimum atomic E-state index is -4.47. The van der Waals surface area contributed by atoms with E-state index in [9.17, 15) is 32.8 Å². The molecule has 2 aliphatic rings. The fourth-order valence-corrected chi connectivity index (χ4v) is 4.23. The summed E-state index contributed by atoms with van der Waals surface area (Å²) in [6.07, 6.45) is -2.73. The van der Waals surface area contributed by atoms with Crippen molar-refractivity contribution < 1.29 is 27.6 Å². The number of nitrogens with one attached hydrogen (secondary N) is 3. The largest absolute Gasteiger partial charge is 0.401 e. The molecule has 0 radical (unpaired) electrons. The number of halogens is 3. The number of alkyl halides is 3. The van der Waals surface area contributed by atoms with E-state index in [-0.39, 0.29) is 30.7 Å². The van der Waals surface area contributed by atoms with Crippen LogP contribution in [0.2, 0.25) is 0 Å². The molecule has 0 spiro atoms. The second kappa shape index (κ2) is 11.0. The first kappa shape index (κ1) is 25.9. The van der Waals surface area contributed by atoms with Crippen molar-refractivity contribution in [2.45, 2.75) is 70.8 Å². The van der Waals surface area contributed by atoms with Crippen LogP contribution in [0.25, 0.3) is 0 Å². The van der Waals surface area contributed by atoms with Gasteiger partial charge < -0.3 is 15.5 Å². The van der Waals surface area contributed by atoms with Crippen molar-refractivity contribution in [1.82, 2.24) is 20.9 Å². The summed E-state index contributed by atoms with van der Waals surface area (Å²) in [4.78, 5) is 39.3. The summed E-state index contributed by atoms with van der Waals surface area (Å²) in [5.41, 5.74) is 0. The van der Waals surface area contributed by atoms with Gasteiger partial charge in [0.25, 0.3) is 0 Å². The molecule has 0 bridgehead atoms. The van der Waals surface area contributed by atoms with Gasteiger partial charge in [-0.1, -0.05) is 20.8 Å². The van der Waals surface area contributed by atoms with E-state index in [0.29, 0.717) is 25.8 Å². The number of rotatable bonds is 8. The predicted octanol–water partition coefficient (Wildman–Crippen LogP) is 1.32. The van der Waals surface area contributed by atoms with Crippen molar-refractivity contribution in [2.24, 2.45) is 17.8 Å². The zero-order valence-electron chi connectivity index (χ0n) is 18.7. The molecule has 2 unspecified atom stereocenters. The Morgan fingerprint density at radius 1 is 1.31 bits per heavy atom. The topological polar surface area (TPSA) is 114 Å². The van der Waals surface area contributed by atoms with Crippen LogP contribution in [0.1, 0.15) is 46.5 Å². The number of hydrogen-bond acceptors (Lipinski definition) is 5. The van der Waals surface area contributed by atoms with Crippen molar-refractivity contribution in [1.29, 1.82) is 5.26 Å². The Balaban J connectivity index is 2.11. The highest BCUT2D eigenvalue weighted by molar-refractivity contribution is 5.90. The van der Waals surface area contributed by atoms with E-state index in [4.69, 9.17) is 0 Å². The maximum atomic E-state index is 13.2. The summed E-state index contributed by atoms with van der Waals surface area (Å²) < 4.78 is 38.1. The summed E-state index contributed by atoms with van der Waals surface area (Å²) in [6.45, 7) is 4.70. The van der Waals surface area contributed by atoms with Crippen molar-refractivity contribution in [3.63, 3.8) is 0 Å². The minimum absolute atomic E-state index is 0.136. The van der Waals surface area contributed by atoms with Gasteiger partial charge in [0.2, 0.25) is 17.7 Å². The van der Waals surface area contributed by atoms with Crippen molar-refractivity contribution >= 4 is 17.7 Å². The molecule has 0 aliphatic carbocycles. The lowest BCUT2D eigenvalue weighted by Gasteiger charge is -2.40. The number of likely N-dealkylation sites (tertiary alicyclic amines) is 1. The zero-order chi connectivity index (χ0) is 24.1. The molecule has 2 heterocycles. The summed E-state index contributed by atoms with van der Waals surface area (Å²) in [5, 5.41) is 17.1. The highest BCUT2D eigenvalue weighted by atomic mass is 19.4. The fourth-order valence-electron chi connectivity index (χ4n) is 4.23. The first-order valence-electron chi connectivity index (χ1n) is 11.0. The third-order valence-electron chi connectivity index (χ3n) is 6.06. The molecule has 5 atom stereocenters. The molecule has 11 heteroatoms. The van der Waals surface area contributed by atoms with Crippen LogP contribution in [0.4, 0.5) is 13.2 Å². The number of nitrogens with zero attached hydrogens (tertiary/aromatic N) is 2. The van der Waals surface area contributed by atoms with Crippen LogP contribution in [0, 0.1) is 29.1 Å². The number of amides is 3. The van der Waals surface area contributed by atoms with Gasteiger partial charge in [-0.15, -0.1) is 0 Å². The first-order valence-corrected chi connectivity index (χ1v) is 11.0. The Kier molecular flexibility index (Phi) is 8.89. The first-order chi connectivity index (χ1) is 14.9. The molecule has 2 fully saturated rings.